The predicted octanol–water partition coefficient (Wildman–Crippen LogP) is 3.76. The summed E-state index contributed by atoms with van der Waals surface area (Å²) in [5.41, 5.74) is 7.85. The van der Waals surface area contributed by atoms with E-state index in [4.69, 9.17) is 15.2 Å². The first-order valence-electron chi connectivity index (χ1n) is 7.18. The minimum absolute atomic E-state index is 0.637. The fraction of sp³-hybridized carbons (Fsp3) is 0.294. The molecule has 0 amide bonds. The minimum atomic E-state index is 0.637. The van der Waals surface area contributed by atoms with Crippen LogP contribution < -0.4 is 15.2 Å². The fourth-order valence-corrected chi connectivity index (χ4v) is 3.14. The second-order valence-corrected chi connectivity index (χ2v) is 6.17. The van der Waals surface area contributed by atoms with Gasteiger partial charge in [0.15, 0.2) is 11.5 Å². The molecule has 0 aliphatic carbocycles. The summed E-state index contributed by atoms with van der Waals surface area (Å²) >= 11 is 1.86. The van der Waals surface area contributed by atoms with Crippen LogP contribution in [0.3, 0.4) is 0 Å². The quantitative estimate of drug-likeness (QED) is 0.519. The van der Waals surface area contributed by atoms with Gasteiger partial charge in [0, 0.05) is 10.6 Å². The van der Waals surface area contributed by atoms with Crippen molar-refractivity contribution in [3.8, 4) is 11.5 Å². The highest BCUT2D eigenvalue weighted by Gasteiger charge is 2.11. The van der Waals surface area contributed by atoms with Crippen molar-refractivity contribution in [2.75, 3.05) is 24.7 Å². The van der Waals surface area contributed by atoms with Gasteiger partial charge < -0.3 is 15.2 Å². The monoisotopic (exact) mass is 301 g/mol. The lowest BCUT2D eigenvalue weighted by Crippen LogP contribution is -2.15. The van der Waals surface area contributed by atoms with Crippen LogP contribution in [0.1, 0.15) is 12.0 Å². The lowest BCUT2D eigenvalue weighted by Gasteiger charge is -2.18. The van der Waals surface area contributed by atoms with Crippen molar-refractivity contribution in [3.63, 3.8) is 0 Å². The van der Waals surface area contributed by atoms with E-state index in [-0.39, 0.29) is 0 Å². The Balaban J connectivity index is 1.48. The van der Waals surface area contributed by atoms with Crippen LogP contribution >= 0.6 is 11.8 Å². The zero-order valence-corrected chi connectivity index (χ0v) is 12.7. The van der Waals surface area contributed by atoms with E-state index in [0.29, 0.717) is 13.2 Å². The summed E-state index contributed by atoms with van der Waals surface area (Å²) in [6, 6.07) is 14.3. The molecule has 110 valence electrons. The van der Waals surface area contributed by atoms with E-state index in [0.717, 1.165) is 35.8 Å². The number of hydrogen-bond donors (Lipinski definition) is 1. The van der Waals surface area contributed by atoms with Gasteiger partial charge in [0.1, 0.15) is 13.2 Å². The minimum Gasteiger partial charge on any atom is -0.486 e. The maximum Gasteiger partial charge on any atom is 0.162 e. The molecule has 4 heteroatoms. The summed E-state index contributed by atoms with van der Waals surface area (Å²) in [7, 11) is 0. The van der Waals surface area contributed by atoms with Crippen molar-refractivity contribution in [2.24, 2.45) is 0 Å². The second kappa shape index (κ2) is 6.76. The summed E-state index contributed by atoms with van der Waals surface area (Å²) in [5.74, 6) is 2.81. The third kappa shape index (κ3) is 3.85. The average Bonchev–Trinajstić information content (AvgIpc) is 2.53. The van der Waals surface area contributed by atoms with Crippen molar-refractivity contribution in [3.05, 3.63) is 48.0 Å². The Morgan fingerprint density at radius 1 is 0.952 bits per heavy atom. The molecule has 0 fully saturated rings. The van der Waals surface area contributed by atoms with Gasteiger partial charge in [-0.3, -0.25) is 0 Å². The Bertz CT molecular complexity index is 598. The van der Waals surface area contributed by atoms with Crippen molar-refractivity contribution in [1.29, 1.82) is 0 Å². The van der Waals surface area contributed by atoms with Gasteiger partial charge >= 0.3 is 0 Å². The van der Waals surface area contributed by atoms with Gasteiger partial charge in [0.05, 0.1) is 0 Å². The Morgan fingerprint density at radius 3 is 2.52 bits per heavy atom. The molecule has 0 unspecified atom stereocenters. The molecule has 2 aromatic rings. The fourth-order valence-electron chi connectivity index (χ4n) is 2.26. The van der Waals surface area contributed by atoms with Gasteiger partial charge in [-0.15, -0.1) is 11.8 Å². The second-order valence-electron chi connectivity index (χ2n) is 5.00. The van der Waals surface area contributed by atoms with Gasteiger partial charge in [-0.25, -0.2) is 0 Å². The van der Waals surface area contributed by atoms with E-state index in [2.05, 4.69) is 24.3 Å². The number of thioether (sulfide) groups is 1. The zero-order chi connectivity index (χ0) is 14.5. The summed E-state index contributed by atoms with van der Waals surface area (Å²) in [5, 5.41) is 0. The number of hydrogen-bond acceptors (Lipinski definition) is 4. The van der Waals surface area contributed by atoms with E-state index < -0.39 is 0 Å². The van der Waals surface area contributed by atoms with Crippen molar-refractivity contribution < 1.29 is 9.47 Å². The lowest BCUT2D eigenvalue weighted by molar-refractivity contribution is 0.171. The lowest BCUT2D eigenvalue weighted by atomic mass is 10.1. The van der Waals surface area contributed by atoms with Crippen LogP contribution in [0.4, 0.5) is 5.69 Å². The Morgan fingerprint density at radius 2 is 1.71 bits per heavy atom. The molecule has 3 nitrogen and oxygen atoms in total. The van der Waals surface area contributed by atoms with Crippen molar-refractivity contribution in [1.82, 2.24) is 0 Å². The third-order valence-electron chi connectivity index (χ3n) is 3.37. The van der Waals surface area contributed by atoms with Crippen molar-refractivity contribution in [2.45, 2.75) is 17.7 Å². The molecule has 0 aromatic heterocycles. The molecular formula is C17H19NO2S. The van der Waals surface area contributed by atoms with E-state index in [1.54, 1.807) is 0 Å². The summed E-state index contributed by atoms with van der Waals surface area (Å²) in [6.45, 7) is 1.28. The molecular weight excluding hydrogens is 282 g/mol. The predicted molar refractivity (Wildman–Crippen MR) is 87.3 cm³/mol. The van der Waals surface area contributed by atoms with Crippen LogP contribution in [-0.2, 0) is 6.42 Å². The maximum atomic E-state index is 5.69. The van der Waals surface area contributed by atoms with Gasteiger partial charge in [0.2, 0.25) is 0 Å². The molecule has 0 spiro atoms. The van der Waals surface area contributed by atoms with Gasteiger partial charge in [-0.1, -0.05) is 12.1 Å². The SMILES string of the molecule is Nc1ccc(CCCSc2ccc3c(c2)OCCO3)cc1. The molecule has 21 heavy (non-hydrogen) atoms. The van der Waals surface area contributed by atoms with E-state index in [9.17, 15) is 0 Å². The Hall–Kier alpha value is -1.81. The Labute approximate surface area is 129 Å². The van der Waals surface area contributed by atoms with Crippen molar-refractivity contribution >= 4 is 17.4 Å². The van der Waals surface area contributed by atoms with E-state index >= 15 is 0 Å². The molecule has 3 rings (SSSR count). The molecule has 0 saturated heterocycles. The first-order valence-corrected chi connectivity index (χ1v) is 8.17. The number of anilines is 1. The topological polar surface area (TPSA) is 44.5 Å². The molecule has 1 aliphatic heterocycles. The Kier molecular flexibility index (Phi) is 4.55. The van der Waals surface area contributed by atoms with Crippen LogP contribution in [-0.4, -0.2) is 19.0 Å². The molecule has 2 N–H and O–H groups in total. The number of fused-ring (bicyclic) bond motifs is 1. The molecule has 2 aromatic carbocycles. The molecule has 1 heterocycles. The first kappa shape index (κ1) is 14.1. The zero-order valence-electron chi connectivity index (χ0n) is 11.9. The number of nitrogen functional groups attached to an aromatic ring is 1. The largest absolute Gasteiger partial charge is 0.486 e. The highest BCUT2D eigenvalue weighted by atomic mass is 32.2. The van der Waals surface area contributed by atoms with Crippen LogP contribution in [0.5, 0.6) is 11.5 Å². The third-order valence-corrected chi connectivity index (χ3v) is 4.45. The van der Waals surface area contributed by atoms with E-state index in [1.807, 2.05) is 30.0 Å². The van der Waals surface area contributed by atoms with Gasteiger partial charge in [-0.05, 0) is 54.5 Å². The summed E-state index contributed by atoms with van der Waals surface area (Å²) in [4.78, 5) is 1.23. The molecule has 1 aliphatic rings. The smallest absolute Gasteiger partial charge is 0.162 e. The molecule has 0 atom stereocenters. The maximum absolute atomic E-state index is 5.69. The highest BCUT2D eigenvalue weighted by molar-refractivity contribution is 7.99. The number of aryl methyl sites for hydroxylation is 1. The number of benzene rings is 2. The van der Waals surface area contributed by atoms with Crippen LogP contribution in [0.2, 0.25) is 0 Å². The summed E-state index contributed by atoms with van der Waals surface area (Å²) < 4.78 is 11.1. The molecule has 0 saturated carbocycles. The van der Waals surface area contributed by atoms with Gasteiger partial charge in [-0.2, -0.15) is 0 Å². The average molecular weight is 301 g/mol. The summed E-state index contributed by atoms with van der Waals surface area (Å²) in [6.07, 6.45) is 2.22. The standard InChI is InChI=1S/C17H19NO2S/c18-14-5-3-13(4-6-14)2-1-11-21-15-7-8-16-17(12-15)20-10-9-19-16/h3-8,12H,1-2,9-11,18H2. The number of nitrogens with two attached hydrogens (primary N) is 1. The highest BCUT2D eigenvalue weighted by Crippen LogP contribution is 2.34. The first-order chi connectivity index (χ1) is 10.3. The normalized spacial score (nSPS) is 13.1. The molecule has 0 bridgehead atoms. The van der Waals surface area contributed by atoms with Crippen LogP contribution in [0, 0.1) is 0 Å². The van der Waals surface area contributed by atoms with E-state index in [1.165, 1.54) is 10.5 Å². The van der Waals surface area contributed by atoms with Crippen LogP contribution in [0.15, 0.2) is 47.4 Å². The number of rotatable bonds is 5. The van der Waals surface area contributed by atoms with Crippen LogP contribution in [0.25, 0.3) is 0 Å². The molecule has 0 radical (unpaired) electrons. The van der Waals surface area contributed by atoms with Gasteiger partial charge in [0.25, 0.3) is 0 Å². The number of ether oxygens (including phenoxy) is 2.